The Morgan fingerprint density at radius 2 is 1.92 bits per heavy atom. The van der Waals surface area contributed by atoms with Gasteiger partial charge in [-0.3, -0.25) is 4.79 Å². The molecule has 1 aliphatic rings. The van der Waals surface area contributed by atoms with E-state index in [1.54, 1.807) is 14.0 Å². The summed E-state index contributed by atoms with van der Waals surface area (Å²) < 4.78 is 5.67. The molecule has 0 saturated heterocycles. The van der Waals surface area contributed by atoms with Crippen LogP contribution in [0, 0.1) is 5.92 Å². The minimum absolute atomic E-state index is 0.0778. The van der Waals surface area contributed by atoms with Crippen molar-refractivity contribution in [2.24, 2.45) is 5.92 Å². The average Bonchev–Trinajstić information content (AvgIpc) is 3.34. The van der Waals surface area contributed by atoms with Crippen LogP contribution in [0.3, 0.4) is 0 Å². The van der Waals surface area contributed by atoms with Gasteiger partial charge in [0.05, 0.1) is 12.6 Å². The van der Waals surface area contributed by atoms with Gasteiger partial charge in [-0.1, -0.05) is 44.5 Å². The van der Waals surface area contributed by atoms with E-state index in [4.69, 9.17) is 16.3 Å². The van der Waals surface area contributed by atoms with Crippen molar-refractivity contribution in [2.45, 2.75) is 57.4 Å². The fourth-order valence-corrected chi connectivity index (χ4v) is 4.35. The topological polar surface area (TPSA) is 29.5 Å². The number of carbonyl (C=O) groups excluding carboxylic acids is 1. The number of hydrogen-bond donors (Lipinski definition) is 0. The van der Waals surface area contributed by atoms with Crippen LogP contribution >= 0.6 is 23.4 Å². The first-order valence-corrected chi connectivity index (χ1v) is 10.3. The molecular weight excluding hydrogens is 354 g/mol. The van der Waals surface area contributed by atoms with Gasteiger partial charge in [0.1, 0.15) is 0 Å². The van der Waals surface area contributed by atoms with E-state index in [9.17, 15) is 4.79 Å². The molecule has 1 aliphatic carbocycles. The first kappa shape index (κ1) is 20.6. The monoisotopic (exact) mass is 383 g/mol. The second-order valence-corrected chi connectivity index (χ2v) is 10.1. The number of ether oxygens (including phenoxy) is 1. The lowest BCUT2D eigenvalue weighted by Gasteiger charge is -2.39. The van der Waals surface area contributed by atoms with Crippen molar-refractivity contribution < 1.29 is 9.53 Å². The molecule has 1 unspecified atom stereocenters. The van der Waals surface area contributed by atoms with Gasteiger partial charge in [-0.05, 0) is 36.5 Å². The molecule has 0 N–H and O–H groups in total. The summed E-state index contributed by atoms with van der Waals surface area (Å²) in [6, 6.07) is 7.94. The molecule has 0 bridgehead atoms. The highest BCUT2D eigenvalue weighted by Gasteiger charge is 2.40. The molecule has 3 nitrogen and oxygen atoms in total. The van der Waals surface area contributed by atoms with Gasteiger partial charge in [0.25, 0.3) is 0 Å². The van der Waals surface area contributed by atoms with E-state index in [0.29, 0.717) is 17.5 Å². The quantitative estimate of drug-likeness (QED) is 0.618. The van der Waals surface area contributed by atoms with Crippen LogP contribution in [-0.4, -0.2) is 41.1 Å². The van der Waals surface area contributed by atoms with Crippen molar-refractivity contribution in [1.29, 1.82) is 0 Å². The summed E-state index contributed by atoms with van der Waals surface area (Å²) in [5.74, 6) is 1.68. The lowest BCUT2D eigenvalue weighted by molar-refractivity contribution is -0.135. The van der Waals surface area contributed by atoms with Crippen LogP contribution in [-0.2, 0) is 9.53 Å². The molecule has 0 aliphatic heterocycles. The number of hydrogen-bond acceptors (Lipinski definition) is 3. The predicted molar refractivity (Wildman–Crippen MR) is 107 cm³/mol. The summed E-state index contributed by atoms with van der Waals surface area (Å²) in [6.07, 6.45) is 2.42. The molecule has 2 rings (SSSR count). The van der Waals surface area contributed by atoms with Gasteiger partial charge in [-0.15, -0.1) is 0 Å². The van der Waals surface area contributed by atoms with Crippen LogP contribution in [0.5, 0.6) is 0 Å². The molecule has 1 fully saturated rings. The fourth-order valence-electron chi connectivity index (χ4n) is 3.12. The Labute approximate surface area is 161 Å². The van der Waals surface area contributed by atoms with Crippen LogP contribution in [0.15, 0.2) is 24.3 Å². The van der Waals surface area contributed by atoms with Crippen molar-refractivity contribution >= 4 is 29.3 Å². The second kappa shape index (κ2) is 8.79. The third-order valence-electron chi connectivity index (χ3n) is 4.49. The molecule has 2 atom stereocenters. The van der Waals surface area contributed by atoms with Gasteiger partial charge in [0.15, 0.2) is 0 Å². The zero-order valence-corrected chi connectivity index (χ0v) is 17.5. The molecule has 5 heteroatoms. The average molecular weight is 384 g/mol. The van der Waals surface area contributed by atoms with Crippen LogP contribution < -0.4 is 0 Å². The fraction of sp³-hybridized carbons (Fsp3) is 0.650. The molecule has 0 spiro atoms. The van der Waals surface area contributed by atoms with E-state index in [0.717, 1.165) is 11.3 Å². The Morgan fingerprint density at radius 3 is 2.36 bits per heavy atom. The first-order chi connectivity index (χ1) is 11.7. The standard InChI is InChI=1S/C20H30ClNO2S/c1-14(23)22(19(16-6-7-16)13-25-20(2,3)4)18(12-24-5)15-8-10-17(21)11-9-15/h8-11,16,18-19H,6-7,12-13H2,1-5H3/t18-,19?/m0/s1. The number of carbonyl (C=O) groups is 1. The maximum atomic E-state index is 12.6. The smallest absolute Gasteiger partial charge is 0.220 e. The summed E-state index contributed by atoms with van der Waals surface area (Å²) in [7, 11) is 1.69. The number of benzene rings is 1. The number of thioether (sulfide) groups is 1. The maximum Gasteiger partial charge on any atom is 0.220 e. The number of rotatable bonds is 8. The summed E-state index contributed by atoms with van der Waals surface area (Å²) >= 11 is 7.98. The number of halogens is 1. The summed E-state index contributed by atoms with van der Waals surface area (Å²) in [5.41, 5.74) is 1.08. The SMILES string of the molecule is COC[C@@H](c1ccc(Cl)cc1)N(C(C)=O)C(CSC(C)(C)C)C1CC1. The highest BCUT2D eigenvalue weighted by atomic mass is 35.5. The van der Waals surface area contributed by atoms with Crippen molar-refractivity contribution in [3.05, 3.63) is 34.9 Å². The molecule has 1 aromatic rings. The minimum Gasteiger partial charge on any atom is -0.382 e. The third kappa shape index (κ3) is 6.19. The van der Waals surface area contributed by atoms with Crippen molar-refractivity contribution in [3.63, 3.8) is 0 Å². The van der Waals surface area contributed by atoms with Gasteiger partial charge in [-0.2, -0.15) is 11.8 Å². The van der Waals surface area contributed by atoms with Crippen molar-refractivity contribution in [2.75, 3.05) is 19.5 Å². The van der Waals surface area contributed by atoms with E-state index in [2.05, 4.69) is 25.7 Å². The highest BCUT2D eigenvalue weighted by Crippen LogP contribution is 2.41. The molecular formula is C20H30ClNO2S. The minimum atomic E-state index is -0.0778. The molecule has 140 valence electrons. The molecule has 0 aromatic heterocycles. The Balaban J connectivity index is 2.29. The van der Waals surface area contributed by atoms with E-state index >= 15 is 0 Å². The van der Waals surface area contributed by atoms with E-state index in [1.165, 1.54) is 12.8 Å². The van der Waals surface area contributed by atoms with Crippen molar-refractivity contribution in [1.82, 2.24) is 4.90 Å². The first-order valence-electron chi connectivity index (χ1n) is 8.90. The van der Waals surface area contributed by atoms with E-state index < -0.39 is 0 Å². The maximum absolute atomic E-state index is 12.6. The van der Waals surface area contributed by atoms with Crippen molar-refractivity contribution in [3.8, 4) is 0 Å². The Morgan fingerprint density at radius 1 is 1.32 bits per heavy atom. The lowest BCUT2D eigenvalue weighted by Crippen LogP contribution is -2.46. The van der Waals surface area contributed by atoms with E-state index in [-0.39, 0.29) is 22.7 Å². The Kier molecular flexibility index (Phi) is 7.24. The normalized spacial score (nSPS) is 17.2. The molecule has 1 saturated carbocycles. The summed E-state index contributed by atoms with van der Waals surface area (Å²) in [4.78, 5) is 14.7. The van der Waals surface area contributed by atoms with Gasteiger partial charge in [0.2, 0.25) is 5.91 Å². The Bertz CT molecular complexity index is 566. The zero-order chi connectivity index (χ0) is 18.6. The Hall–Kier alpha value is -0.710. The van der Waals surface area contributed by atoms with Crippen LogP contribution in [0.4, 0.5) is 0 Å². The summed E-state index contributed by atoms with van der Waals surface area (Å²) in [6.45, 7) is 8.85. The van der Waals surface area contributed by atoms with Crippen LogP contribution in [0.2, 0.25) is 5.02 Å². The van der Waals surface area contributed by atoms with Gasteiger partial charge in [0, 0.05) is 35.6 Å². The molecule has 1 aromatic carbocycles. The number of amides is 1. The molecule has 0 heterocycles. The van der Waals surface area contributed by atoms with Crippen LogP contribution in [0.1, 0.15) is 52.1 Å². The van der Waals surface area contributed by atoms with Gasteiger partial charge in [-0.25, -0.2) is 0 Å². The largest absolute Gasteiger partial charge is 0.382 e. The molecule has 0 radical (unpaired) electrons. The molecule has 25 heavy (non-hydrogen) atoms. The summed E-state index contributed by atoms with van der Waals surface area (Å²) in [5, 5.41) is 0.705. The van der Waals surface area contributed by atoms with Gasteiger partial charge < -0.3 is 9.64 Å². The highest BCUT2D eigenvalue weighted by molar-refractivity contribution is 8.00. The number of methoxy groups -OCH3 is 1. The van der Waals surface area contributed by atoms with Gasteiger partial charge >= 0.3 is 0 Å². The lowest BCUT2D eigenvalue weighted by atomic mass is 10.0. The third-order valence-corrected chi connectivity index (χ3v) is 6.12. The predicted octanol–water partition coefficient (Wildman–Crippen LogP) is 5.19. The van der Waals surface area contributed by atoms with E-state index in [1.807, 2.05) is 36.0 Å². The molecule has 1 amide bonds. The number of nitrogens with zero attached hydrogens (tertiary/aromatic N) is 1. The zero-order valence-electron chi connectivity index (χ0n) is 15.9. The van der Waals surface area contributed by atoms with Crippen LogP contribution in [0.25, 0.3) is 0 Å². The second-order valence-electron chi connectivity index (χ2n) is 7.78.